The molecule has 4 N–H and O–H groups in total. The lowest BCUT2D eigenvalue weighted by Crippen LogP contribution is -2.16. The minimum Gasteiger partial charge on any atom is -0.381 e. The van der Waals surface area contributed by atoms with E-state index in [4.69, 9.17) is 17.3 Å². The number of carbonyl (C=O) groups excluding carboxylic acids is 1. The van der Waals surface area contributed by atoms with Crippen LogP contribution in [0.15, 0.2) is 49.1 Å². The molecule has 0 aliphatic rings. The van der Waals surface area contributed by atoms with Crippen LogP contribution in [-0.4, -0.2) is 30.5 Å². The Morgan fingerprint density at radius 3 is 2.71 bits per heavy atom. The molecule has 0 bridgehead atoms. The molecule has 5 aromatic rings. The summed E-state index contributed by atoms with van der Waals surface area (Å²) < 4.78 is 29.5. The second kappa shape index (κ2) is 8.19. The number of carbonyl (C=O) groups is 1. The van der Waals surface area contributed by atoms with Gasteiger partial charge in [-0.25, -0.2) is 28.2 Å². The topological polar surface area (TPSA) is 123 Å². The van der Waals surface area contributed by atoms with Crippen LogP contribution in [0.5, 0.6) is 0 Å². The van der Waals surface area contributed by atoms with E-state index in [9.17, 15) is 13.6 Å². The Bertz CT molecular complexity index is 1600. The number of nitrogens with one attached hydrogen (secondary N) is 2. The van der Waals surface area contributed by atoms with Gasteiger partial charge in [0, 0.05) is 17.0 Å². The number of rotatable bonds is 4. The maximum atomic E-state index is 14.3. The predicted molar refractivity (Wildman–Crippen MR) is 124 cm³/mol. The van der Waals surface area contributed by atoms with Gasteiger partial charge in [-0.1, -0.05) is 23.7 Å². The molecule has 0 atom stereocenters. The van der Waals surface area contributed by atoms with Crippen LogP contribution in [0.25, 0.3) is 16.4 Å². The van der Waals surface area contributed by atoms with Crippen LogP contribution in [0.4, 0.5) is 31.8 Å². The molecule has 170 valence electrons. The van der Waals surface area contributed by atoms with E-state index in [0.717, 1.165) is 5.56 Å². The zero-order valence-electron chi connectivity index (χ0n) is 17.5. The Morgan fingerprint density at radius 1 is 1.06 bits per heavy atom. The van der Waals surface area contributed by atoms with E-state index in [1.807, 2.05) is 6.92 Å². The Kier molecular flexibility index (Phi) is 5.17. The largest absolute Gasteiger partial charge is 0.381 e. The van der Waals surface area contributed by atoms with Crippen LogP contribution in [0.2, 0.25) is 5.02 Å². The van der Waals surface area contributed by atoms with Crippen molar-refractivity contribution in [2.75, 3.05) is 16.4 Å². The third-order valence-corrected chi connectivity index (χ3v) is 5.54. The number of amides is 1. The van der Waals surface area contributed by atoms with Gasteiger partial charge >= 0.3 is 0 Å². The van der Waals surface area contributed by atoms with Gasteiger partial charge in [0.05, 0.1) is 22.6 Å². The minimum absolute atomic E-state index is 0.129. The number of anilines is 4. The number of nitrogen functional groups attached to an aromatic ring is 1. The van der Waals surface area contributed by atoms with E-state index in [1.165, 1.54) is 35.4 Å². The molecular formula is C22H15ClF2N8O. The summed E-state index contributed by atoms with van der Waals surface area (Å²) in [6.07, 6.45) is 4.07. The van der Waals surface area contributed by atoms with Crippen molar-refractivity contribution in [2.24, 2.45) is 0 Å². The fourth-order valence-corrected chi connectivity index (χ4v) is 3.69. The molecule has 0 saturated carbocycles. The van der Waals surface area contributed by atoms with Crippen LogP contribution in [0.1, 0.15) is 16.1 Å². The number of fused-ring (bicyclic) bond motifs is 2. The molecule has 0 unspecified atom stereocenters. The molecule has 0 fully saturated rings. The number of halogens is 3. The van der Waals surface area contributed by atoms with Gasteiger partial charge in [-0.2, -0.15) is 5.10 Å². The zero-order chi connectivity index (χ0) is 24.0. The first-order valence-corrected chi connectivity index (χ1v) is 10.3. The van der Waals surface area contributed by atoms with Gasteiger partial charge in [-0.3, -0.25) is 4.79 Å². The summed E-state index contributed by atoms with van der Waals surface area (Å²) >= 11 is 5.64. The number of benzene rings is 2. The van der Waals surface area contributed by atoms with E-state index >= 15 is 0 Å². The van der Waals surface area contributed by atoms with Crippen molar-refractivity contribution in [3.8, 4) is 0 Å². The third-order valence-electron chi connectivity index (χ3n) is 5.24. The molecular weight excluding hydrogens is 466 g/mol. The van der Waals surface area contributed by atoms with E-state index in [1.54, 1.807) is 18.2 Å². The molecule has 0 spiro atoms. The number of aromatic nitrogens is 5. The van der Waals surface area contributed by atoms with Gasteiger partial charge in [0.1, 0.15) is 12.1 Å². The van der Waals surface area contributed by atoms with Crippen LogP contribution >= 0.6 is 11.6 Å². The lowest BCUT2D eigenvalue weighted by molar-refractivity contribution is 0.102. The van der Waals surface area contributed by atoms with Crippen molar-refractivity contribution in [3.05, 3.63) is 77.0 Å². The Hall–Kier alpha value is -4.38. The molecule has 9 nitrogen and oxygen atoms in total. The number of nitrogens with zero attached hydrogens (tertiary/aromatic N) is 5. The monoisotopic (exact) mass is 480 g/mol. The van der Waals surface area contributed by atoms with Gasteiger partial charge in [0.2, 0.25) is 0 Å². The summed E-state index contributed by atoms with van der Waals surface area (Å²) in [6, 6.07) is 7.81. The Labute approximate surface area is 195 Å². The second-order valence-electron chi connectivity index (χ2n) is 7.34. The molecule has 1 amide bonds. The van der Waals surface area contributed by atoms with Gasteiger partial charge < -0.3 is 16.4 Å². The van der Waals surface area contributed by atoms with Crippen molar-refractivity contribution in [3.63, 3.8) is 0 Å². The van der Waals surface area contributed by atoms with Crippen molar-refractivity contribution in [2.45, 2.75) is 6.92 Å². The number of hydrogen-bond acceptors (Lipinski definition) is 7. The maximum absolute atomic E-state index is 14.3. The third kappa shape index (κ3) is 3.52. The van der Waals surface area contributed by atoms with Gasteiger partial charge in [-0.05, 0) is 30.7 Å². The summed E-state index contributed by atoms with van der Waals surface area (Å²) in [6.45, 7) is 1.82. The Balaban J connectivity index is 1.55. The quantitative estimate of drug-likeness (QED) is 0.324. The minimum atomic E-state index is -1.16. The number of hydrogen-bond donors (Lipinski definition) is 3. The lowest BCUT2D eigenvalue weighted by Gasteiger charge is -2.15. The van der Waals surface area contributed by atoms with Gasteiger partial charge in [0.15, 0.2) is 28.8 Å². The first kappa shape index (κ1) is 21.5. The van der Waals surface area contributed by atoms with E-state index in [2.05, 4.69) is 30.7 Å². The van der Waals surface area contributed by atoms with Crippen molar-refractivity contribution < 1.29 is 13.6 Å². The predicted octanol–water partition coefficient (Wildman–Crippen LogP) is 4.49. The summed E-state index contributed by atoms with van der Waals surface area (Å²) in [5, 5.41) is 10.6. The summed E-state index contributed by atoms with van der Waals surface area (Å²) in [5.74, 6) is -2.35. The first-order chi connectivity index (χ1) is 16.3. The summed E-state index contributed by atoms with van der Waals surface area (Å²) in [5.41, 5.74) is 7.36. The normalized spacial score (nSPS) is 11.2. The summed E-state index contributed by atoms with van der Waals surface area (Å²) in [4.78, 5) is 25.3. The maximum Gasteiger partial charge on any atom is 0.276 e. The lowest BCUT2D eigenvalue weighted by atomic mass is 10.1. The average molecular weight is 481 g/mol. The number of pyridine rings is 1. The number of aryl methyl sites for hydroxylation is 1. The molecule has 0 radical (unpaired) electrons. The van der Waals surface area contributed by atoms with E-state index in [0.29, 0.717) is 16.5 Å². The number of nitrogens with two attached hydrogens (primary N) is 1. The van der Waals surface area contributed by atoms with Crippen molar-refractivity contribution in [1.29, 1.82) is 0 Å². The second-order valence-corrected chi connectivity index (χ2v) is 7.75. The fourth-order valence-electron chi connectivity index (χ4n) is 3.55. The van der Waals surface area contributed by atoms with E-state index < -0.39 is 17.5 Å². The smallest absolute Gasteiger partial charge is 0.276 e. The molecule has 0 aliphatic carbocycles. The van der Waals surface area contributed by atoms with E-state index in [-0.39, 0.29) is 33.7 Å². The highest BCUT2D eigenvalue weighted by Crippen LogP contribution is 2.33. The highest BCUT2D eigenvalue weighted by atomic mass is 35.5. The molecule has 5 rings (SSSR count). The summed E-state index contributed by atoms with van der Waals surface area (Å²) in [7, 11) is 0. The molecule has 2 aromatic carbocycles. The van der Waals surface area contributed by atoms with Crippen LogP contribution < -0.4 is 16.4 Å². The Morgan fingerprint density at radius 2 is 1.88 bits per heavy atom. The van der Waals surface area contributed by atoms with Gasteiger partial charge in [-0.15, -0.1) is 0 Å². The van der Waals surface area contributed by atoms with Gasteiger partial charge in [0.25, 0.3) is 5.91 Å². The van der Waals surface area contributed by atoms with Crippen LogP contribution in [0, 0.1) is 18.6 Å². The molecule has 12 heteroatoms. The molecule has 3 aromatic heterocycles. The number of imidazole rings is 1. The molecule has 3 heterocycles. The first-order valence-electron chi connectivity index (χ1n) is 9.89. The molecule has 0 saturated heterocycles. The fraction of sp³-hybridized carbons (Fsp3) is 0.0455. The molecule has 34 heavy (non-hydrogen) atoms. The molecule has 0 aliphatic heterocycles. The zero-order valence-corrected chi connectivity index (χ0v) is 18.2. The van der Waals surface area contributed by atoms with Crippen LogP contribution in [-0.2, 0) is 0 Å². The highest BCUT2D eigenvalue weighted by Gasteiger charge is 2.19. The SMILES string of the molecule is Cc1ccc2c(Nc3ccc(Cl)c(F)c3F)nccc2c1NC(=O)c1cnc2c(N)ncnn12. The highest BCUT2D eigenvalue weighted by molar-refractivity contribution is 6.30. The standard InChI is InChI=1S/C22H15ClF2N8O/c1-10-2-3-12-11(6-7-27-20(12)31-14-5-4-13(23)16(24)17(14)25)18(10)32-22(34)15-8-28-21-19(26)29-9-30-33(15)21/h2-9H,1H3,(H,27,31)(H,32,34)(H2,26,29,30). The average Bonchev–Trinajstić information content (AvgIpc) is 3.27. The van der Waals surface area contributed by atoms with Crippen molar-refractivity contribution >= 4 is 56.9 Å². The van der Waals surface area contributed by atoms with Crippen molar-refractivity contribution in [1.82, 2.24) is 24.6 Å². The van der Waals surface area contributed by atoms with Crippen LogP contribution in [0.3, 0.4) is 0 Å².